The topological polar surface area (TPSA) is 44.5 Å². The van der Waals surface area contributed by atoms with Gasteiger partial charge in [0.15, 0.2) is 11.5 Å². The van der Waals surface area contributed by atoms with Crippen LogP contribution in [0.1, 0.15) is 17.5 Å². The van der Waals surface area contributed by atoms with Crippen LogP contribution in [0.4, 0.5) is 4.39 Å². The van der Waals surface area contributed by atoms with Gasteiger partial charge in [-0.3, -0.25) is 0 Å². The minimum atomic E-state index is -0.480. The van der Waals surface area contributed by atoms with Crippen LogP contribution in [0.25, 0.3) is 0 Å². The Balaban J connectivity index is 2.30. The molecule has 2 rings (SSSR count). The van der Waals surface area contributed by atoms with Crippen LogP contribution in [0.2, 0.25) is 0 Å². The molecule has 0 unspecified atom stereocenters. The predicted octanol–water partition coefficient (Wildman–Crippen LogP) is 1.78. The van der Waals surface area contributed by atoms with Gasteiger partial charge in [-0.05, 0) is 42.6 Å². The van der Waals surface area contributed by atoms with Gasteiger partial charge in [-0.1, -0.05) is 0 Å². The third-order valence-corrected chi connectivity index (χ3v) is 2.41. The Labute approximate surface area is 88.0 Å². The third kappa shape index (κ3) is 2.04. The lowest BCUT2D eigenvalue weighted by Crippen LogP contribution is -2.01. The third-order valence-electron chi connectivity index (χ3n) is 2.41. The second kappa shape index (κ2) is 4.49. The van der Waals surface area contributed by atoms with Gasteiger partial charge >= 0.3 is 0 Å². The van der Waals surface area contributed by atoms with Crippen LogP contribution in [0.5, 0.6) is 11.5 Å². The van der Waals surface area contributed by atoms with E-state index in [0.717, 1.165) is 24.2 Å². The molecule has 4 heteroatoms. The lowest BCUT2D eigenvalue weighted by molar-refractivity contribution is 0.173. The standard InChI is InChI=1S/C11H14FNO2/c12-6-8-4-9(2-1-3-13)11-10(5-8)14-7-15-11/h4-5H,1-3,6-7,13H2. The number of hydrogen-bond acceptors (Lipinski definition) is 3. The minimum Gasteiger partial charge on any atom is -0.454 e. The Morgan fingerprint density at radius 2 is 2.20 bits per heavy atom. The van der Waals surface area contributed by atoms with E-state index in [1.165, 1.54) is 0 Å². The van der Waals surface area contributed by atoms with Gasteiger partial charge in [-0.25, -0.2) is 4.39 Å². The maximum atomic E-state index is 12.6. The Morgan fingerprint density at radius 3 is 2.93 bits per heavy atom. The largest absolute Gasteiger partial charge is 0.454 e. The molecule has 82 valence electrons. The Morgan fingerprint density at radius 1 is 1.33 bits per heavy atom. The molecular weight excluding hydrogens is 197 g/mol. The monoisotopic (exact) mass is 211 g/mol. The zero-order valence-electron chi connectivity index (χ0n) is 8.46. The van der Waals surface area contributed by atoms with Crippen molar-refractivity contribution in [2.75, 3.05) is 13.3 Å². The van der Waals surface area contributed by atoms with Crippen molar-refractivity contribution in [1.82, 2.24) is 0 Å². The summed E-state index contributed by atoms with van der Waals surface area (Å²) < 4.78 is 23.2. The van der Waals surface area contributed by atoms with Crippen LogP contribution in [0.15, 0.2) is 12.1 Å². The number of hydrogen-bond donors (Lipinski definition) is 1. The zero-order valence-corrected chi connectivity index (χ0v) is 8.46. The first-order valence-electron chi connectivity index (χ1n) is 5.02. The first-order chi connectivity index (χ1) is 7.35. The molecule has 0 aliphatic carbocycles. The summed E-state index contributed by atoms with van der Waals surface area (Å²) in [6, 6.07) is 3.51. The molecule has 0 atom stereocenters. The number of aryl methyl sites for hydroxylation is 1. The average Bonchev–Trinajstić information content (AvgIpc) is 2.73. The molecule has 0 amide bonds. The van der Waals surface area contributed by atoms with Crippen molar-refractivity contribution in [2.45, 2.75) is 19.5 Å². The lowest BCUT2D eigenvalue weighted by Gasteiger charge is -2.07. The molecule has 2 N–H and O–H groups in total. The molecule has 3 nitrogen and oxygen atoms in total. The van der Waals surface area contributed by atoms with E-state index in [-0.39, 0.29) is 6.79 Å². The Kier molecular flexibility index (Phi) is 3.06. The van der Waals surface area contributed by atoms with Gasteiger partial charge in [0, 0.05) is 0 Å². The lowest BCUT2D eigenvalue weighted by atomic mass is 10.0. The normalized spacial score (nSPS) is 13.2. The van der Waals surface area contributed by atoms with E-state index in [2.05, 4.69) is 0 Å². The molecule has 0 spiro atoms. The van der Waals surface area contributed by atoms with Crippen LogP contribution in [-0.2, 0) is 13.1 Å². The SMILES string of the molecule is NCCCc1cc(CF)cc2c1OCO2. The van der Waals surface area contributed by atoms with Crippen molar-refractivity contribution in [3.63, 3.8) is 0 Å². The number of nitrogens with two attached hydrogens (primary N) is 1. The fourth-order valence-electron chi connectivity index (χ4n) is 1.70. The van der Waals surface area contributed by atoms with E-state index in [1.807, 2.05) is 6.07 Å². The van der Waals surface area contributed by atoms with Crippen LogP contribution in [-0.4, -0.2) is 13.3 Å². The van der Waals surface area contributed by atoms with Gasteiger partial charge in [0.05, 0.1) is 0 Å². The summed E-state index contributed by atoms with van der Waals surface area (Å²) in [6.07, 6.45) is 1.67. The molecule has 15 heavy (non-hydrogen) atoms. The highest BCUT2D eigenvalue weighted by atomic mass is 19.1. The molecule has 1 aliphatic heterocycles. The Bertz CT molecular complexity index is 355. The molecule has 0 aromatic heterocycles. The van der Waals surface area contributed by atoms with Crippen molar-refractivity contribution < 1.29 is 13.9 Å². The maximum absolute atomic E-state index is 12.6. The van der Waals surface area contributed by atoms with Gasteiger partial charge in [0.2, 0.25) is 6.79 Å². The highest BCUT2D eigenvalue weighted by Crippen LogP contribution is 2.37. The smallest absolute Gasteiger partial charge is 0.231 e. The van der Waals surface area contributed by atoms with E-state index in [4.69, 9.17) is 15.2 Å². The van der Waals surface area contributed by atoms with Crippen molar-refractivity contribution in [3.05, 3.63) is 23.3 Å². The number of fused-ring (bicyclic) bond motifs is 1. The van der Waals surface area contributed by atoms with Crippen molar-refractivity contribution in [2.24, 2.45) is 5.73 Å². The number of benzene rings is 1. The van der Waals surface area contributed by atoms with Gasteiger partial charge in [0.1, 0.15) is 6.67 Å². The summed E-state index contributed by atoms with van der Waals surface area (Å²) in [5, 5.41) is 0. The van der Waals surface area contributed by atoms with E-state index in [9.17, 15) is 4.39 Å². The quantitative estimate of drug-likeness (QED) is 0.825. The van der Waals surface area contributed by atoms with Crippen molar-refractivity contribution in [1.29, 1.82) is 0 Å². The highest BCUT2D eigenvalue weighted by molar-refractivity contribution is 5.50. The summed E-state index contributed by atoms with van der Waals surface area (Å²) in [5.74, 6) is 1.40. The molecule has 1 aromatic carbocycles. The highest BCUT2D eigenvalue weighted by Gasteiger charge is 2.18. The van der Waals surface area contributed by atoms with Gasteiger partial charge in [-0.2, -0.15) is 0 Å². The molecule has 1 aromatic rings. The van der Waals surface area contributed by atoms with Crippen molar-refractivity contribution in [3.8, 4) is 11.5 Å². The maximum Gasteiger partial charge on any atom is 0.231 e. The zero-order chi connectivity index (χ0) is 10.7. The first-order valence-corrected chi connectivity index (χ1v) is 5.02. The van der Waals surface area contributed by atoms with Gasteiger partial charge < -0.3 is 15.2 Å². The predicted molar refractivity (Wildman–Crippen MR) is 54.8 cm³/mol. The summed E-state index contributed by atoms with van der Waals surface area (Å²) in [7, 11) is 0. The summed E-state index contributed by atoms with van der Waals surface area (Å²) in [4.78, 5) is 0. The van der Waals surface area contributed by atoms with Gasteiger partial charge in [-0.15, -0.1) is 0 Å². The van der Waals surface area contributed by atoms with Crippen LogP contribution in [0.3, 0.4) is 0 Å². The average molecular weight is 211 g/mol. The summed E-state index contributed by atoms with van der Waals surface area (Å²) in [5.41, 5.74) is 7.07. The second-order valence-electron chi connectivity index (χ2n) is 3.51. The van der Waals surface area contributed by atoms with Gasteiger partial charge in [0.25, 0.3) is 0 Å². The van der Waals surface area contributed by atoms with E-state index in [1.54, 1.807) is 6.07 Å². The molecule has 0 saturated heterocycles. The number of ether oxygens (including phenoxy) is 2. The molecule has 0 fully saturated rings. The van der Waals surface area contributed by atoms with E-state index < -0.39 is 6.67 Å². The number of rotatable bonds is 4. The number of alkyl halides is 1. The minimum absolute atomic E-state index is 0.223. The molecule has 1 heterocycles. The molecule has 0 saturated carbocycles. The summed E-state index contributed by atoms with van der Waals surface area (Å²) in [6.45, 7) is 0.364. The van der Waals surface area contributed by atoms with Crippen LogP contribution >= 0.6 is 0 Å². The fourth-order valence-corrected chi connectivity index (χ4v) is 1.70. The molecule has 0 radical (unpaired) electrons. The van der Waals surface area contributed by atoms with Crippen LogP contribution < -0.4 is 15.2 Å². The molecular formula is C11H14FNO2. The first kappa shape index (κ1) is 10.2. The Hall–Kier alpha value is -1.29. The van der Waals surface area contributed by atoms with E-state index >= 15 is 0 Å². The molecule has 1 aliphatic rings. The fraction of sp³-hybridized carbons (Fsp3) is 0.455. The molecule has 0 bridgehead atoms. The van der Waals surface area contributed by atoms with Crippen LogP contribution in [0, 0.1) is 0 Å². The second-order valence-corrected chi connectivity index (χ2v) is 3.51. The van der Waals surface area contributed by atoms with E-state index in [0.29, 0.717) is 17.9 Å². The summed E-state index contributed by atoms with van der Waals surface area (Å²) >= 11 is 0. The number of halogens is 1. The van der Waals surface area contributed by atoms with Crippen molar-refractivity contribution >= 4 is 0 Å².